The van der Waals surface area contributed by atoms with Crippen molar-refractivity contribution in [3.63, 3.8) is 0 Å². The molecule has 158 valence electrons. The van der Waals surface area contributed by atoms with Gasteiger partial charge >= 0.3 is 5.97 Å². The number of carbonyl (C=O) groups excluding carboxylic acids is 2. The van der Waals surface area contributed by atoms with Crippen LogP contribution in [0.2, 0.25) is 0 Å². The minimum atomic E-state index is -1.11. The van der Waals surface area contributed by atoms with Crippen LogP contribution in [0.1, 0.15) is 22.8 Å². The average Bonchev–Trinajstić information content (AvgIpc) is 3.12. The third kappa shape index (κ3) is 3.77. The SMILES string of the molecule is COc1cc2c(cc1NC(=O)[C@H](C)OC(=O)c1cccc(C)c1O)oc1ccccc12. The molecule has 2 N–H and O–H groups in total. The number of aryl methyl sites for hydroxylation is 1. The Balaban J connectivity index is 1.56. The third-order valence-corrected chi connectivity index (χ3v) is 5.07. The summed E-state index contributed by atoms with van der Waals surface area (Å²) in [6, 6.07) is 15.8. The van der Waals surface area contributed by atoms with Crippen molar-refractivity contribution in [2.45, 2.75) is 20.0 Å². The number of aromatic hydroxyl groups is 1. The van der Waals surface area contributed by atoms with Gasteiger partial charge in [-0.2, -0.15) is 0 Å². The fourth-order valence-electron chi connectivity index (χ4n) is 3.35. The number of furan rings is 1. The number of hydrogen-bond donors (Lipinski definition) is 2. The first kappa shape index (κ1) is 20.3. The van der Waals surface area contributed by atoms with Crippen molar-refractivity contribution in [3.05, 3.63) is 65.7 Å². The van der Waals surface area contributed by atoms with E-state index in [-0.39, 0.29) is 11.3 Å². The van der Waals surface area contributed by atoms with Gasteiger partial charge in [0.1, 0.15) is 28.2 Å². The van der Waals surface area contributed by atoms with Gasteiger partial charge in [-0.25, -0.2) is 4.79 Å². The molecule has 1 heterocycles. The van der Waals surface area contributed by atoms with Crippen molar-refractivity contribution in [3.8, 4) is 11.5 Å². The molecule has 0 bridgehead atoms. The van der Waals surface area contributed by atoms with Gasteiger partial charge in [0, 0.05) is 16.8 Å². The number of nitrogens with one attached hydrogen (secondary N) is 1. The summed E-state index contributed by atoms with van der Waals surface area (Å²) in [6.07, 6.45) is -1.11. The van der Waals surface area contributed by atoms with Gasteiger partial charge in [0.25, 0.3) is 5.91 Å². The van der Waals surface area contributed by atoms with Crippen LogP contribution in [0.15, 0.2) is 59.0 Å². The van der Waals surface area contributed by atoms with Crippen molar-refractivity contribution < 1.29 is 28.6 Å². The largest absolute Gasteiger partial charge is 0.507 e. The summed E-state index contributed by atoms with van der Waals surface area (Å²) >= 11 is 0. The normalized spacial score (nSPS) is 12.0. The quantitative estimate of drug-likeness (QED) is 0.451. The Labute approximate surface area is 178 Å². The molecule has 0 fully saturated rings. The number of phenolic OH excluding ortho intramolecular Hbond substituents is 1. The van der Waals surface area contributed by atoms with E-state index in [1.165, 1.54) is 20.1 Å². The first-order chi connectivity index (χ1) is 14.9. The molecule has 4 aromatic rings. The monoisotopic (exact) mass is 419 g/mol. The molecule has 1 atom stereocenters. The second-order valence-corrected chi connectivity index (χ2v) is 7.15. The molecule has 3 aromatic carbocycles. The number of ether oxygens (including phenoxy) is 2. The molecule has 7 heteroatoms. The summed E-state index contributed by atoms with van der Waals surface area (Å²) in [7, 11) is 1.50. The number of anilines is 1. The molecule has 0 saturated carbocycles. The molecule has 0 aliphatic carbocycles. The number of fused-ring (bicyclic) bond motifs is 3. The molecule has 0 unspecified atom stereocenters. The molecule has 1 amide bonds. The van der Waals surface area contributed by atoms with E-state index >= 15 is 0 Å². The molecule has 7 nitrogen and oxygen atoms in total. The summed E-state index contributed by atoms with van der Waals surface area (Å²) in [5, 5.41) is 14.6. The lowest BCUT2D eigenvalue weighted by Crippen LogP contribution is -2.30. The first-order valence-corrected chi connectivity index (χ1v) is 9.68. The molecule has 0 aliphatic heterocycles. The predicted octanol–water partition coefficient (Wildman–Crippen LogP) is 4.79. The zero-order valence-corrected chi connectivity index (χ0v) is 17.3. The lowest BCUT2D eigenvalue weighted by atomic mass is 10.1. The summed E-state index contributed by atoms with van der Waals surface area (Å²) in [6.45, 7) is 3.12. The van der Waals surface area contributed by atoms with E-state index in [1.54, 1.807) is 31.2 Å². The van der Waals surface area contributed by atoms with Gasteiger partial charge in [0.2, 0.25) is 0 Å². The van der Waals surface area contributed by atoms with Crippen LogP contribution in [-0.2, 0) is 9.53 Å². The van der Waals surface area contributed by atoms with Gasteiger partial charge in [0.05, 0.1) is 12.8 Å². The number of amides is 1. The summed E-state index contributed by atoms with van der Waals surface area (Å²) < 4.78 is 16.5. The second kappa shape index (κ2) is 8.02. The van der Waals surface area contributed by atoms with Crippen LogP contribution in [0.25, 0.3) is 21.9 Å². The molecular formula is C24H21NO6. The highest BCUT2D eigenvalue weighted by molar-refractivity contribution is 6.08. The maximum Gasteiger partial charge on any atom is 0.342 e. The van der Waals surface area contributed by atoms with E-state index in [9.17, 15) is 14.7 Å². The van der Waals surface area contributed by atoms with Crippen LogP contribution in [0.3, 0.4) is 0 Å². The van der Waals surface area contributed by atoms with E-state index in [0.717, 1.165) is 16.4 Å². The van der Waals surface area contributed by atoms with Gasteiger partial charge in [-0.15, -0.1) is 0 Å². The minimum absolute atomic E-state index is 0.000857. The Morgan fingerprint density at radius 3 is 2.58 bits per heavy atom. The molecule has 4 rings (SSSR count). The number of para-hydroxylation sites is 2. The third-order valence-electron chi connectivity index (χ3n) is 5.07. The highest BCUT2D eigenvalue weighted by atomic mass is 16.5. The molecule has 0 saturated heterocycles. The maximum atomic E-state index is 12.7. The van der Waals surface area contributed by atoms with Gasteiger partial charge in [0.15, 0.2) is 6.10 Å². The van der Waals surface area contributed by atoms with Crippen molar-refractivity contribution in [1.82, 2.24) is 0 Å². The van der Waals surface area contributed by atoms with Gasteiger partial charge in [-0.1, -0.05) is 30.3 Å². The van der Waals surface area contributed by atoms with E-state index in [0.29, 0.717) is 22.6 Å². The average molecular weight is 419 g/mol. The minimum Gasteiger partial charge on any atom is -0.507 e. The predicted molar refractivity (Wildman–Crippen MR) is 117 cm³/mol. The summed E-state index contributed by atoms with van der Waals surface area (Å²) in [5.74, 6) is -1.06. The van der Waals surface area contributed by atoms with Crippen molar-refractivity contribution in [2.75, 3.05) is 12.4 Å². The Hall–Kier alpha value is -4.00. The second-order valence-electron chi connectivity index (χ2n) is 7.15. The molecule has 0 radical (unpaired) electrons. The number of benzene rings is 3. The van der Waals surface area contributed by atoms with Crippen LogP contribution < -0.4 is 10.1 Å². The Kier molecular flexibility index (Phi) is 5.25. The lowest BCUT2D eigenvalue weighted by molar-refractivity contribution is -0.123. The van der Waals surface area contributed by atoms with E-state index < -0.39 is 18.0 Å². The summed E-state index contributed by atoms with van der Waals surface area (Å²) in [5.41, 5.74) is 2.24. The van der Waals surface area contributed by atoms with Crippen LogP contribution in [-0.4, -0.2) is 30.2 Å². The van der Waals surface area contributed by atoms with Gasteiger partial charge in [-0.3, -0.25) is 4.79 Å². The van der Waals surface area contributed by atoms with Crippen LogP contribution in [0.5, 0.6) is 11.5 Å². The smallest absolute Gasteiger partial charge is 0.342 e. The van der Waals surface area contributed by atoms with Crippen LogP contribution in [0, 0.1) is 6.92 Å². The molecular weight excluding hydrogens is 398 g/mol. The lowest BCUT2D eigenvalue weighted by Gasteiger charge is -2.16. The summed E-state index contributed by atoms with van der Waals surface area (Å²) in [4.78, 5) is 25.1. The Morgan fingerprint density at radius 1 is 1.03 bits per heavy atom. The molecule has 31 heavy (non-hydrogen) atoms. The van der Waals surface area contributed by atoms with Crippen LogP contribution in [0.4, 0.5) is 5.69 Å². The number of methoxy groups -OCH3 is 1. The fraction of sp³-hybridized carbons (Fsp3) is 0.167. The van der Waals surface area contributed by atoms with Crippen molar-refractivity contribution in [2.24, 2.45) is 0 Å². The molecule has 1 aromatic heterocycles. The topological polar surface area (TPSA) is 98.0 Å². The van der Waals surface area contributed by atoms with Crippen LogP contribution >= 0.6 is 0 Å². The van der Waals surface area contributed by atoms with Crippen molar-refractivity contribution >= 4 is 39.5 Å². The van der Waals surface area contributed by atoms with E-state index in [2.05, 4.69) is 5.32 Å². The zero-order valence-electron chi connectivity index (χ0n) is 17.3. The number of rotatable bonds is 5. The Bertz CT molecular complexity index is 1310. The highest BCUT2D eigenvalue weighted by Gasteiger charge is 2.23. The Morgan fingerprint density at radius 2 is 1.81 bits per heavy atom. The molecule has 0 aliphatic rings. The number of carbonyl (C=O) groups is 2. The highest BCUT2D eigenvalue weighted by Crippen LogP contribution is 2.36. The standard InChI is InChI=1S/C24H21NO6/c1-13-7-6-9-16(22(13)26)24(28)30-14(2)23(27)25-18-12-20-17(11-21(18)29-3)15-8-4-5-10-19(15)31-20/h4-12,14,26H,1-3H3,(H,25,27)/t14-/m0/s1. The maximum absolute atomic E-state index is 12.7. The zero-order chi connectivity index (χ0) is 22.1. The van der Waals surface area contributed by atoms with Crippen molar-refractivity contribution in [1.29, 1.82) is 0 Å². The first-order valence-electron chi connectivity index (χ1n) is 9.68. The fourth-order valence-corrected chi connectivity index (χ4v) is 3.35. The number of phenols is 1. The molecule has 0 spiro atoms. The number of hydrogen-bond acceptors (Lipinski definition) is 6. The van der Waals surface area contributed by atoms with Gasteiger partial charge < -0.3 is 24.3 Å². The van der Waals surface area contributed by atoms with E-state index in [4.69, 9.17) is 13.9 Å². The number of esters is 1. The van der Waals surface area contributed by atoms with Gasteiger partial charge in [-0.05, 0) is 37.6 Å². The van der Waals surface area contributed by atoms with E-state index in [1.807, 2.05) is 24.3 Å².